The normalized spacial score (nSPS) is 19.4. The zero-order chi connectivity index (χ0) is 18.0. The van der Waals surface area contributed by atoms with Gasteiger partial charge in [0.1, 0.15) is 0 Å². The van der Waals surface area contributed by atoms with Gasteiger partial charge in [-0.15, -0.1) is 0 Å². The Kier molecular flexibility index (Phi) is 5.10. The highest BCUT2D eigenvalue weighted by atomic mass is 32.2. The quantitative estimate of drug-likeness (QED) is 0.766. The number of ether oxygens (including phenoxy) is 1. The molecule has 0 aromatic heterocycles. The van der Waals surface area contributed by atoms with E-state index in [9.17, 15) is 18.0 Å². The number of hydrogen-bond acceptors (Lipinski definition) is 5. The summed E-state index contributed by atoms with van der Waals surface area (Å²) in [4.78, 5) is 24.2. The van der Waals surface area contributed by atoms with Gasteiger partial charge in [-0.25, -0.2) is 13.2 Å². The molecule has 1 saturated carbocycles. The van der Waals surface area contributed by atoms with E-state index in [0.29, 0.717) is 13.1 Å². The fourth-order valence-corrected chi connectivity index (χ4v) is 4.25. The van der Waals surface area contributed by atoms with Crippen molar-refractivity contribution in [2.75, 3.05) is 13.1 Å². The van der Waals surface area contributed by atoms with E-state index < -0.39 is 22.1 Å². The van der Waals surface area contributed by atoms with Gasteiger partial charge in [0.15, 0.2) is 6.10 Å². The van der Waals surface area contributed by atoms with Crippen molar-refractivity contribution in [2.24, 2.45) is 0 Å². The first-order chi connectivity index (χ1) is 11.9. The summed E-state index contributed by atoms with van der Waals surface area (Å²) in [7, 11) is -3.60. The Morgan fingerprint density at radius 2 is 1.92 bits per heavy atom. The van der Waals surface area contributed by atoms with Crippen LogP contribution in [0.5, 0.6) is 0 Å². The molecule has 3 rings (SSSR count). The summed E-state index contributed by atoms with van der Waals surface area (Å²) in [5.74, 6) is -1.05. The molecule has 1 unspecified atom stereocenters. The minimum Gasteiger partial charge on any atom is -0.449 e. The van der Waals surface area contributed by atoms with E-state index in [1.807, 2.05) is 0 Å². The van der Waals surface area contributed by atoms with Gasteiger partial charge in [-0.05, 0) is 50.8 Å². The van der Waals surface area contributed by atoms with Crippen molar-refractivity contribution in [3.63, 3.8) is 0 Å². The Balaban J connectivity index is 1.69. The molecule has 0 spiro atoms. The molecule has 1 aliphatic heterocycles. The second-order valence-corrected chi connectivity index (χ2v) is 8.41. The van der Waals surface area contributed by atoms with Crippen molar-refractivity contribution in [1.29, 1.82) is 0 Å². The summed E-state index contributed by atoms with van der Waals surface area (Å²) in [5.41, 5.74) is 0.117. The van der Waals surface area contributed by atoms with Crippen LogP contribution in [0.3, 0.4) is 0 Å². The highest BCUT2D eigenvalue weighted by molar-refractivity contribution is 7.89. The number of carbonyl (C=O) groups is 2. The molecule has 1 aromatic carbocycles. The lowest BCUT2D eigenvalue weighted by Crippen LogP contribution is -2.37. The number of benzene rings is 1. The lowest BCUT2D eigenvalue weighted by Gasteiger charge is -2.16. The van der Waals surface area contributed by atoms with Crippen LogP contribution in [0.2, 0.25) is 0 Å². The molecule has 1 amide bonds. The molecule has 7 nitrogen and oxygen atoms in total. The van der Waals surface area contributed by atoms with Gasteiger partial charge in [0.2, 0.25) is 10.0 Å². The van der Waals surface area contributed by atoms with Crippen molar-refractivity contribution >= 4 is 21.9 Å². The molecule has 1 heterocycles. The fourth-order valence-electron chi connectivity index (χ4n) is 2.69. The predicted octanol–water partition coefficient (Wildman–Crippen LogP) is 1.29. The van der Waals surface area contributed by atoms with E-state index in [1.165, 1.54) is 35.5 Å². The predicted molar refractivity (Wildman–Crippen MR) is 90.5 cm³/mol. The van der Waals surface area contributed by atoms with Gasteiger partial charge in [0.25, 0.3) is 5.91 Å². The van der Waals surface area contributed by atoms with E-state index in [1.54, 1.807) is 0 Å². The van der Waals surface area contributed by atoms with Gasteiger partial charge < -0.3 is 10.1 Å². The number of esters is 1. The molecule has 2 aliphatic rings. The van der Waals surface area contributed by atoms with Gasteiger partial charge >= 0.3 is 5.97 Å². The smallest absolute Gasteiger partial charge is 0.338 e. The number of sulfonamides is 1. The lowest BCUT2D eigenvalue weighted by molar-refractivity contribution is -0.129. The third-order valence-electron chi connectivity index (χ3n) is 4.35. The van der Waals surface area contributed by atoms with Crippen LogP contribution in [0.25, 0.3) is 0 Å². The van der Waals surface area contributed by atoms with E-state index in [0.717, 1.165) is 25.7 Å². The maximum absolute atomic E-state index is 12.6. The first kappa shape index (κ1) is 17.9. The third kappa shape index (κ3) is 4.19. The largest absolute Gasteiger partial charge is 0.449 e. The van der Waals surface area contributed by atoms with Gasteiger partial charge in [-0.3, -0.25) is 4.79 Å². The third-order valence-corrected chi connectivity index (χ3v) is 6.24. The van der Waals surface area contributed by atoms with Gasteiger partial charge in [-0.1, -0.05) is 6.07 Å². The zero-order valence-electron chi connectivity index (χ0n) is 14.1. The maximum Gasteiger partial charge on any atom is 0.338 e. The SMILES string of the molecule is CC(OC(=O)c1cccc(S(=O)(=O)N2CCCC2)c1)C(=O)NC1CC1. The molecule has 1 aliphatic carbocycles. The van der Waals surface area contributed by atoms with E-state index in [4.69, 9.17) is 4.74 Å². The standard InChI is InChI=1S/C17H22N2O5S/c1-12(16(20)18-14-7-8-14)24-17(21)13-5-4-6-15(11-13)25(22,23)19-9-2-3-10-19/h4-6,11-12,14H,2-3,7-10H2,1H3,(H,18,20). The Bertz CT molecular complexity index is 767. The number of nitrogens with one attached hydrogen (secondary N) is 1. The van der Waals surface area contributed by atoms with Gasteiger partial charge in [0, 0.05) is 19.1 Å². The summed E-state index contributed by atoms with van der Waals surface area (Å²) >= 11 is 0. The van der Waals surface area contributed by atoms with E-state index in [-0.39, 0.29) is 22.4 Å². The number of carbonyl (C=O) groups excluding carboxylic acids is 2. The number of amides is 1. The molecule has 0 radical (unpaired) electrons. The lowest BCUT2D eigenvalue weighted by atomic mass is 10.2. The Labute approximate surface area is 147 Å². The Hall–Kier alpha value is -1.93. The molecular formula is C17H22N2O5S. The van der Waals surface area contributed by atoms with Gasteiger partial charge in [-0.2, -0.15) is 4.31 Å². The van der Waals surface area contributed by atoms with Crippen molar-refractivity contribution in [3.05, 3.63) is 29.8 Å². The second kappa shape index (κ2) is 7.13. The number of nitrogens with zero attached hydrogens (tertiary/aromatic N) is 1. The first-order valence-corrected chi connectivity index (χ1v) is 9.93. The van der Waals surface area contributed by atoms with Crippen molar-refractivity contribution in [3.8, 4) is 0 Å². The molecule has 136 valence electrons. The highest BCUT2D eigenvalue weighted by Gasteiger charge is 2.29. The summed E-state index contributed by atoms with van der Waals surface area (Å²) < 4.78 is 31.7. The summed E-state index contributed by atoms with van der Waals surface area (Å²) in [5, 5.41) is 2.76. The van der Waals surface area contributed by atoms with Crippen LogP contribution in [0.4, 0.5) is 0 Å². The number of hydrogen-bond donors (Lipinski definition) is 1. The average molecular weight is 366 g/mol. The molecule has 2 fully saturated rings. The molecular weight excluding hydrogens is 344 g/mol. The van der Waals surface area contributed by atoms with Crippen LogP contribution in [-0.4, -0.2) is 49.8 Å². The van der Waals surface area contributed by atoms with Crippen LogP contribution in [0.1, 0.15) is 43.0 Å². The van der Waals surface area contributed by atoms with Gasteiger partial charge in [0.05, 0.1) is 10.5 Å². The van der Waals surface area contributed by atoms with Crippen LogP contribution in [0, 0.1) is 0 Å². The summed E-state index contributed by atoms with van der Waals surface area (Å²) in [6.45, 7) is 2.49. The monoisotopic (exact) mass is 366 g/mol. The topological polar surface area (TPSA) is 92.8 Å². The zero-order valence-corrected chi connectivity index (χ0v) is 14.9. The molecule has 1 saturated heterocycles. The van der Waals surface area contributed by atoms with E-state index in [2.05, 4.69) is 5.32 Å². The first-order valence-electron chi connectivity index (χ1n) is 8.49. The highest BCUT2D eigenvalue weighted by Crippen LogP contribution is 2.22. The molecule has 1 N–H and O–H groups in total. The van der Waals surface area contributed by atoms with E-state index >= 15 is 0 Å². The van der Waals surface area contributed by atoms with Crippen LogP contribution < -0.4 is 5.32 Å². The van der Waals surface area contributed by atoms with Crippen LogP contribution in [0.15, 0.2) is 29.2 Å². The van der Waals surface area contributed by atoms with Crippen LogP contribution >= 0.6 is 0 Å². The summed E-state index contributed by atoms with van der Waals surface area (Å²) in [6.07, 6.45) is 2.65. The minimum absolute atomic E-state index is 0.0685. The van der Waals surface area contributed by atoms with Crippen molar-refractivity contribution in [2.45, 2.75) is 49.6 Å². The molecule has 1 atom stereocenters. The molecule has 1 aromatic rings. The van der Waals surface area contributed by atoms with Crippen molar-refractivity contribution in [1.82, 2.24) is 9.62 Å². The number of rotatable bonds is 6. The molecule has 0 bridgehead atoms. The molecule has 25 heavy (non-hydrogen) atoms. The second-order valence-electron chi connectivity index (χ2n) is 6.47. The fraction of sp³-hybridized carbons (Fsp3) is 0.529. The van der Waals surface area contributed by atoms with Crippen LogP contribution in [-0.2, 0) is 19.6 Å². The molecule has 8 heteroatoms. The summed E-state index contributed by atoms with van der Waals surface area (Å²) in [6, 6.07) is 5.95. The Morgan fingerprint density at radius 3 is 2.56 bits per heavy atom. The van der Waals surface area contributed by atoms with Crippen molar-refractivity contribution < 1.29 is 22.7 Å². The minimum atomic E-state index is -3.60. The Morgan fingerprint density at radius 1 is 1.24 bits per heavy atom. The maximum atomic E-state index is 12.6. The average Bonchev–Trinajstić information content (AvgIpc) is 3.23.